The zero-order valence-electron chi connectivity index (χ0n) is 6.58. The maximum absolute atomic E-state index is 11.8. The Labute approximate surface area is 72.2 Å². The van der Waals surface area contributed by atoms with Gasteiger partial charge in [0.05, 0.1) is 6.42 Å². The summed E-state index contributed by atoms with van der Waals surface area (Å²) in [6, 6.07) is 0. The predicted octanol–water partition coefficient (Wildman–Crippen LogP) is 1.65. The van der Waals surface area contributed by atoms with Crippen molar-refractivity contribution in [3.63, 3.8) is 0 Å². The van der Waals surface area contributed by atoms with Crippen LogP contribution in [0.1, 0.15) is 17.0 Å². The van der Waals surface area contributed by atoms with Crippen LogP contribution in [0.3, 0.4) is 0 Å². The SMILES string of the molecule is O=Cc1nccn1CCC(F)(F)F. The first-order valence-electron chi connectivity index (χ1n) is 3.56. The molecule has 0 aromatic carbocycles. The zero-order chi connectivity index (χ0) is 9.90. The van der Waals surface area contributed by atoms with E-state index in [1.807, 2.05) is 0 Å². The lowest BCUT2D eigenvalue weighted by Gasteiger charge is -2.07. The Balaban J connectivity index is 2.59. The van der Waals surface area contributed by atoms with Crippen LogP contribution in [-0.4, -0.2) is 22.0 Å². The van der Waals surface area contributed by atoms with E-state index in [-0.39, 0.29) is 12.4 Å². The molecule has 0 amide bonds. The molecule has 1 rings (SSSR count). The Bertz CT molecular complexity index is 292. The Hall–Kier alpha value is -1.33. The number of hydrogen-bond acceptors (Lipinski definition) is 2. The Morgan fingerprint density at radius 3 is 2.77 bits per heavy atom. The highest BCUT2D eigenvalue weighted by Crippen LogP contribution is 2.20. The number of carbonyl (C=O) groups excluding carboxylic acids is 1. The minimum absolute atomic E-state index is 0.0178. The summed E-state index contributed by atoms with van der Waals surface area (Å²) in [6.45, 7) is -0.266. The van der Waals surface area contributed by atoms with Crippen molar-refractivity contribution in [1.29, 1.82) is 0 Å². The van der Waals surface area contributed by atoms with E-state index in [9.17, 15) is 18.0 Å². The van der Waals surface area contributed by atoms with Gasteiger partial charge in [-0.05, 0) is 0 Å². The summed E-state index contributed by atoms with van der Waals surface area (Å²) in [5, 5.41) is 0. The van der Waals surface area contributed by atoms with Gasteiger partial charge in [0.25, 0.3) is 0 Å². The second kappa shape index (κ2) is 3.59. The largest absolute Gasteiger partial charge is 0.390 e. The molecule has 0 bridgehead atoms. The van der Waals surface area contributed by atoms with Crippen molar-refractivity contribution >= 4 is 6.29 Å². The van der Waals surface area contributed by atoms with E-state index in [1.54, 1.807) is 0 Å². The van der Waals surface area contributed by atoms with Gasteiger partial charge in [0.2, 0.25) is 0 Å². The highest BCUT2D eigenvalue weighted by Gasteiger charge is 2.26. The number of aryl methyl sites for hydroxylation is 1. The topological polar surface area (TPSA) is 34.9 Å². The fourth-order valence-corrected chi connectivity index (χ4v) is 0.875. The third-order valence-corrected chi connectivity index (χ3v) is 1.49. The van der Waals surface area contributed by atoms with E-state index in [1.165, 1.54) is 17.0 Å². The molecule has 13 heavy (non-hydrogen) atoms. The molecule has 0 radical (unpaired) electrons. The molecule has 0 aliphatic carbocycles. The normalized spacial score (nSPS) is 11.6. The molecule has 1 aromatic rings. The summed E-state index contributed by atoms with van der Waals surface area (Å²) in [4.78, 5) is 13.8. The minimum Gasteiger partial charge on any atom is -0.328 e. The van der Waals surface area contributed by atoms with E-state index < -0.39 is 12.6 Å². The zero-order valence-corrected chi connectivity index (χ0v) is 6.58. The summed E-state index contributed by atoms with van der Waals surface area (Å²) in [6.07, 6.45) is -2.10. The van der Waals surface area contributed by atoms with Gasteiger partial charge in [-0.2, -0.15) is 13.2 Å². The number of nitrogens with zero attached hydrogens (tertiary/aromatic N) is 2. The minimum atomic E-state index is -4.20. The summed E-state index contributed by atoms with van der Waals surface area (Å²) < 4.78 is 36.5. The van der Waals surface area contributed by atoms with E-state index >= 15 is 0 Å². The molecular formula is C7H7F3N2O. The maximum Gasteiger partial charge on any atom is 0.390 e. The van der Waals surface area contributed by atoms with Gasteiger partial charge in [0.15, 0.2) is 12.1 Å². The van der Waals surface area contributed by atoms with Gasteiger partial charge < -0.3 is 4.57 Å². The van der Waals surface area contributed by atoms with Gasteiger partial charge >= 0.3 is 6.18 Å². The highest BCUT2D eigenvalue weighted by atomic mass is 19.4. The third-order valence-electron chi connectivity index (χ3n) is 1.49. The number of aromatic nitrogens is 2. The van der Waals surface area contributed by atoms with Crippen LogP contribution in [0.5, 0.6) is 0 Å². The molecule has 72 valence electrons. The molecule has 6 heteroatoms. The van der Waals surface area contributed by atoms with Gasteiger partial charge in [0.1, 0.15) is 0 Å². The van der Waals surface area contributed by atoms with Crippen molar-refractivity contribution in [3.8, 4) is 0 Å². The summed E-state index contributed by atoms with van der Waals surface area (Å²) >= 11 is 0. The molecule has 1 aromatic heterocycles. The molecule has 3 nitrogen and oxygen atoms in total. The number of rotatable bonds is 3. The molecule has 0 saturated carbocycles. The average molecular weight is 192 g/mol. The van der Waals surface area contributed by atoms with E-state index in [4.69, 9.17) is 0 Å². The smallest absolute Gasteiger partial charge is 0.328 e. The Morgan fingerprint density at radius 1 is 1.54 bits per heavy atom. The van der Waals surface area contributed by atoms with Crippen molar-refractivity contribution in [2.45, 2.75) is 19.1 Å². The van der Waals surface area contributed by atoms with E-state index in [0.717, 1.165) is 0 Å². The number of halogens is 3. The van der Waals surface area contributed by atoms with Crippen LogP contribution in [0.15, 0.2) is 12.4 Å². The monoisotopic (exact) mass is 192 g/mol. The molecule has 1 heterocycles. The number of aldehydes is 1. The van der Waals surface area contributed by atoms with Crippen molar-refractivity contribution in [2.24, 2.45) is 0 Å². The Morgan fingerprint density at radius 2 is 2.23 bits per heavy atom. The number of hydrogen-bond donors (Lipinski definition) is 0. The van der Waals surface area contributed by atoms with Gasteiger partial charge in [-0.15, -0.1) is 0 Å². The summed E-state index contributed by atoms with van der Waals surface area (Å²) in [5.74, 6) is 0.0178. The van der Waals surface area contributed by atoms with Crippen LogP contribution in [-0.2, 0) is 6.54 Å². The second-order valence-electron chi connectivity index (χ2n) is 2.46. The van der Waals surface area contributed by atoms with E-state index in [2.05, 4.69) is 4.98 Å². The second-order valence-corrected chi connectivity index (χ2v) is 2.46. The van der Waals surface area contributed by atoms with Gasteiger partial charge in [0, 0.05) is 18.9 Å². The van der Waals surface area contributed by atoms with Crippen LogP contribution in [0.25, 0.3) is 0 Å². The molecular weight excluding hydrogens is 185 g/mol. The first-order valence-corrected chi connectivity index (χ1v) is 3.56. The standard InChI is InChI=1S/C7H7F3N2O/c8-7(9,10)1-3-12-4-2-11-6(12)5-13/h2,4-5H,1,3H2. The number of imidazole rings is 1. The molecule has 0 atom stereocenters. The van der Waals surface area contributed by atoms with E-state index in [0.29, 0.717) is 6.29 Å². The highest BCUT2D eigenvalue weighted by molar-refractivity contribution is 5.69. The molecule has 0 saturated heterocycles. The van der Waals surface area contributed by atoms with Crippen molar-refractivity contribution in [2.75, 3.05) is 0 Å². The fourth-order valence-electron chi connectivity index (χ4n) is 0.875. The van der Waals surface area contributed by atoms with Crippen LogP contribution in [0.4, 0.5) is 13.2 Å². The average Bonchev–Trinajstić information content (AvgIpc) is 2.46. The van der Waals surface area contributed by atoms with Gasteiger partial charge in [-0.3, -0.25) is 4.79 Å². The lowest BCUT2D eigenvalue weighted by atomic mass is 10.4. The van der Waals surface area contributed by atoms with Crippen molar-refractivity contribution in [3.05, 3.63) is 18.2 Å². The first kappa shape index (κ1) is 9.76. The molecule has 0 fully saturated rings. The molecule has 0 unspecified atom stereocenters. The molecule has 0 N–H and O–H groups in total. The van der Waals surface area contributed by atoms with Crippen molar-refractivity contribution < 1.29 is 18.0 Å². The van der Waals surface area contributed by atoms with Crippen LogP contribution < -0.4 is 0 Å². The number of alkyl halides is 3. The quantitative estimate of drug-likeness (QED) is 0.682. The van der Waals surface area contributed by atoms with Crippen LogP contribution in [0, 0.1) is 0 Å². The van der Waals surface area contributed by atoms with Gasteiger partial charge in [-0.25, -0.2) is 4.98 Å². The molecule has 0 aliphatic heterocycles. The lowest BCUT2D eigenvalue weighted by Crippen LogP contribution is -2.13. The number of carbonyl (C=O) groups is 1. The Kier molecular flexibility index (Phi) is 2.69. The van der Waals surface area contributed by atoms with Crippen LogP contribution in [0.2, 0.25) is 0 Å². The maximum atomic E-state index is 11.8. The lowest BCUT2D eigenvalue weighted by molar-refractivity contribution is -0.136. The predicted molar refractivity (Wildman–Crippen MR) is 38.3 cm³/mol. The fraction of sp³-hybridized carbons (Fsp3) is 0.429. The van der Waals surface area contributed by atoms with Crippen LogP contribution >= 0.6 is 0 Å². The summed E-state index contributed by atoms with van der Waals surface area (Å²) in [7, 11) is 0. The first-order chi connectivity index (χ1) is 6.03. The van der Waals surface area contributed by atoms with Gasteiger partial charge in [-0.1, -0.05) is 0 Å². The summed E-state index contributed by atoms with van der Waals surface area (Å²) in [5.41, 5.74) is 0. The molecule has 0 spiro atoms. The van der Waals surface area contributed by atoms with Crippen molar-refractivity contribution in [1.82, 2.24) is 9.55 Å². The third kappa shape index (κ3) is 2.89. The molecule has 0 aliphatic rings.